The average molecular weight is 328 g/mol. The summed E-state index contributed by atoms with van der Waals surface area (Å²) >= 11 is 0. The normalized spacial score (nSPS) is 12.9. The maximum Gasteiger partial charge on any atom is 0.345 e. The van der Waals surface area contributed by atoms with Crippen molar-refractivity contribution < 1.29 is 23.1 Å². The Hall–Kier alpha value is -1.16. The van der Waals surface area contributed by atoms with Crippen LogP contribution in [0.5, 0.6) is 0 Å². The molecule has 0 radical (unpaired) electrons. The number of aryl methyl sites for hydroxylation is 1. The van der Waals surface area contributed by atoms with Crippen molar-refractivity contribution >= 4 is 13.6 Å². The molecule has 0 spiro atoms. The quantitative estimate of drug-likeness (QED) is 0.510. The van der Waals surface area contributed by atoms with E-state index in [-0.39, 0.29) is 26.2 Å². The zero-order valence-corrected chi connectivity index (χ0v) is 14.6. The maximum absolute atomic E-state index is 13.0. The Labute approximate surface area is 132 Å². The van der Waals surface area contributed by atoms with Gasteiger partial charge in [-0.05, 0) is 39.7 Å². The molecule has 0 aliphatic heterocycles. The monoisotopic (exact) mass is 328 g/mol. The summed E-state index contributed by atoms with van der Waals surface area (Å²) in [4.78, 5) is 12.3. The Morgan fingerprint density at radius 3 is 2.05 bits per heavy atom. The van der Waals surface area contributed by atoms with Crippen molar-refractivity contribution in [1.82, 2.24) is 0 Å². The first-order valence-corrected chi connectivity index (χ1v) is 9.19. The van der Waals surface area contributed by atoms with Gasteiger partial charge in [-0.1, -0.05) is 29.8 Å². The molecule has 0 aliphatic carbocycles. The number of hydrogen-bond donors (Lipinski definition) is 0. The lowest BCUT2D eigenvalue weighted by atomic mass is 10.1. The van der Waals surface area contributed by atoms with Crippen LogP contribution in [-0.2, 0) is 29.6 Å². The Morgan fingerprint density at radius 2 is 1.59 bits per heavy atom. The molecule has 1 rings (SSSR count). The van der Waals surface area contributed by atoms with E-state index in [1.807, 2.05) is 31.2 Å². The number of ether oxygens (including phenoxy) is 1. The Morgan fingerprint density at radius 1 is 1.05 bits per heavy atom. The van der Waals surface area contributed by atoms with Gasteiger partial charge in [0.1, 0.15) is 0 Å². The van der Waals surface area contributed by atoms with Crippen LogP contribution < -0.4 is 0 Å². The summed E-state index contributed by atoms with van der Waals surface area (Å²) in [5.41, 5.74) is 1.06. The summed E-state index contributed by atoms with van der Waals surface area (Å²) < 4.78 is 28.7. The fraction of sp³-hybridized carbons (Fsp3) is 0.562. The molecule has 0 amide bonds. The molecule has 0 heterocycles. The lowest BCUT2D eigenvalue weighted by Crippen LogP contribution is -2.28. The summed E-state index contributed by atoms with van der Waals surface area (Å²) in [5.74, 6) is -0.548. The highest BCUT2D eigenvalue weighted by Crippen LogP contribution is 2.54. The highest BCUT2D eigenvalue weighted by molar-refractivity contribution is 7.55. The van der Waals surface area contributed by atoms with Crippen molar-refractivity contribution in [1.29, 1.82) is 0 Å². The molecule has 0 aromatic heterocycles. The first kappa shape index (κ1) is 18.9. The second kappa shape index (κ2) is 9.09. The summed E-state index contributed by atoms with van der Waals surface area (Å²) in [6.07, 6.45) is 0.260. The van der Waals surface area contributed by atoms with Gasteiger partial charge in [-0.3, -0.25) is 9.36 Å². The molecule has 0 fully saturated rings. The molecule has 1 aromatic rings. The molecule has 0 bridgehead atoms. The maximum atomic E-state index is 13.0. The van der Waals surface area contributed by atoms with E-state index < -0.39 is 19.2 Å². The van der Waals surface area contributed by atoms with Gasteiger partial charge in [0.2, 0.25) is 0 Å². The molecular formula is C16H25O5P. The van der Waals surface area contributed by atoms with E-state index in [0.717, 1.165) is 11.1 Å². The Kier molecular flexibility index (Phi) is 7.80. The molecule has 0 aliphatic rings. The van der Waals surface area contributed by atoms with Crippen molar-refractivity contribution in [3.05, 3.63) is 35.4 Å². The molecule has 6 heteroatoms. The fourth-order valence-electron chi connectivity index (χ4n) is 2.09. The highest BCUT2D eigenvalue weighted by Gasteiger charge is 2.42. The van der Waals surface area contributed by atoms with Crippen LogP contribution in [0.25, 0.3) is 0 Å². The van der Waals surface area contributed by atoms with E-state index in [9.17, 15) is 9.36 Å². The second-order valence-electron chi connectivity index (χ2n) is 4.83. The minimum absolute atomic E-state index is 0.209. The third-order valence-corrected chi connectivity index (χ3v) is 5.50. The summed E-state index contributed by atoms with van der Waals surface area (Å²) in [6.45, 7) is 7.79. The SMILES string of the molecule is CCOC(=O)[C@H](Cc1ccc(C)cc1)P(=O)(OCC)OCC. The average Bonchev–Trinajstić information content (AvgIpc) is 2.47. The van der Waals surface area contributed by atoms with Gasteiger partial charge in [-0.2, -0.15) is 0 Å². The summed E-state index contributed by atoms with van der Waals surface area (Å²) in [6, 6.07) is 7.71. The van der Waals surface area contributed by atoms with Crippen molar-refractivity contribution in [3.8, 4) is 0 Å². The van der Waals surface area contributed by atoms with Crippen LogP contribution in [-0.4, -0.2) is 31.4 Å². The van der Waals surface area contributed by atoms with Gasteiger partial charge in [-0.15, -0.1) is 0 Å². The standard InChI is InChI=1S/C16H25O5P/c1-5-19-16(17)15(22(18,20-6-2)21-7-3)12-14-10-8-13(4)9-11-14/h8-11,15H,5-7,12H2,1-4H3/t15-/m0/s1. The first-order valence-electron chi connectivity index (χ1n) is 7.57. The molecule has 0 N–H and O–H groups in total. The third-order valence-electron chi connectivity index (χ3n) is 3.11. The van der Waals surface area contributed by atoms with E-state index in [1.54, 1.807) is 20.8 Å². The minimum atomic E-state index is -3.57. The van der Waals surface area contributed by atoms with Gasteiger partial charge in [0.25, 0.3) is 0 Å². The van der Waals surface area contributed by atoms with E-state index >= 15 is 0 Å². The molecule has 0 saturated heterocycles. The molecule has 0 unspecified atom stereocenters. The van der Waals surface area contributed by atoms with Crippen molar-refractivity contribution in [2.45, 2.75) is 39.8 Å². The van der Waals surface area contributed by atoms with Gasteiger partial charge in [0, 0.05) is 0 Å². The summed E-state index contributed by atoms with van der Waals surface area (Å²) in [7, 11) is -3.57. The Balaban J connectivity index is 3.07. The molecule has 22 heavy (non-hydrogen) atoms. The summed E-state index contributed by atoms with van der Waals surface area (Å²) in [5, 5.41) is 0. The molecular weight excluding hydrogens is 303 g/mol. The molecule has 1 atom stereocenters. The van der Waals surface area contributed by atoms with Crippen LogP contribution in [0.2, 0.25) is 0 Å². The lowest BCUT2D eigenvalue weighted by Gasteiger charge is -2.25. The van der Waals surface area contributed by atoms with Crippen molar-refractivity contribution in [2.75, 3.05) is 19.8 Å². The van der Waals surface area contributed by atoms with Gasteiger partial charge >= 0.3 is 13.6 Å². The van der Waals surface area contributed by atoms with E-state index in [1.165, 1.54) is 0 Å². The van der Waals surface area contributed by atoms with E-state index in [4.69, 9.17) is 13.8 Å². The molecule has 0 saturated carbocycles. The fourth-order valence-corrected chi connectivity index (χ4v) is 4.01. The van der Waals surface area contributed by atoms with Crippen LogP contribution in [0.4, 0.5) is 0 Å². The highest BCUT2D eigenvalue weighted by atomic mass is 31.2. The number of hydrogen-bond acceptors (Lipinski definition) is 5. The number of benzene rings is 1. The number of esters is 1. The zero-order chi connectivity index (χ0) is 16.6. The smallest absolute Gasteiger partial charge is 0.345 e. The predicted molar refractivity (Wildman–Crippen MR) is 86.2 cm³/mol. The van der Waals surface area contributed by atoms with Gasteiger partial charge in [-0.25, -0.2) is 0 Å². The zero-order valence-electron chi connectivity index (χ0n) is 13.7. The van der Waals surface area contributed by atoms with Crippen LogP contribution in [0.15, 0.2) is 24.3 Å². The third kappa shape index (κ3) is 5.24. The molecule has 124 valence electrons. The minimum Gasteiger partial charge on any atom is -0.465 e. The topological polar surface area (TPSA) is 61.8 Å². The van der Waals surface area contributed by atoms with Gasteiger partial charge < -0.3 is 13.8 Å². The lowest BCUT2D eigenvalue weighted by molar-refractivity contribution is -0.143. The van der Waals surface area contributed by atoms with Crippen LogP contribution >= 0.6 is 7.60 Å². The first-order chi connectivity index (χ1) is 10.5. The second-order valence-corrected chi connectivity index (χ2v) is 7.05. The molecule has 5 nitrogen and oxygen atoms in total. The van der Waals surface area contributed by atoms with Crippen molar-refractivity contribution in [3.63, 3.8) is 0 Å². The van der Waals surface area contributed by atoms with E-state index in [0.29, 0.717) is 0 Å². The molecule has 1 aromatic carbocycles. The van der Waals surface area contributed by atoms with Gasteiger partial charge in [0.05, 0.1) is 19.8 Å². The van der Waals surface area contributed by atoms with Crippen LogP contribution in [0.1, 0.15) is 31.9 Å². The van der Waals surface area contributed by atoms with Crippen molar-refractivity contribution in [2.24, 2.45) is 0 Å². The van der Waals surface area contributed by atoms with Crippen LogP contribution in [0.3, 0.4) is 0 Å². The van der Waals surface area contributed by atoms with Gasteiger partial charge in [0.15, 0.2) is 5.66 Å². The van der Waals surface area contributed by atoms with E-state index in [2.05, 4.69) is 0 Å². The number of carbonyl (C=O) groups excluding carboxylic acids is 1. The number of rotatable bonds is 9. The Bertz CT molecular complexity index is 502. The largest absolute Gasteiger partial charge is 0.465 e. The number of carbonyl (C=O) groups is 1. The van der Waals surface area contributed by atoms with Crippen LogP contribution in [0, 0.1) is 6.92 Å². The predicted octanol–water partition coefficient (Wildman–Crippen LogP) is 3.74.